The van der Waals surface area contributed by atoms with E-state index >= 15 is 0 Å². The zero-order chi connectivity index (χ0) is 13.7. The van der Waals surface area contributed by atoms with Gasteiger partial charge in [-0.25, -0.2) is 9.37 Å². The highest BCUT2D eigenvalue weighted by atomic mass is 19.1. The minimum absolute atomic E-state index is 0.269. The Kier molecular flexibility index (Phi) is 5.07. The van der Waals surface area contributed by atoms with Gasteiger partial charge in [0, 0.05) is 32.4 Å². The average Bonchev–Trinajstić information content (AvgIpc) is 2.45. The van der Waals surface area contributed by atoms with Crippen molar-refractivity contribution in [1.29, 1.82) is 0 Å². The number of aryl methyl sites for hydroxylation is 1. The molecule has 0 saturated carbocycles. The lowest BCUT2D eigenvalue weighted by Gasteiger charge is -2.28. The summed E-state index contributed by atoms with van der Waals surface area (Å²) in [6.07, 6.45) is 1.80. The van der Waals surface area contributed by atoms with Crippen molar-refractivity contribution in [3.05, 3.63) is 23.6 Å². The summed E-state index contributed by atoms with van der Waals surface area (Å²) < 4.78 is 14.0. The second-order valence-corrected chi connectivity index (χ2v) is 4.76. The van der Waals surface area contributed by atoms with Gasteiger partial charge in [0.15, 0.2) is 11.6 Å². The number of halogens is 1. The summed E-state index contributed by atoms with van der Waals surface area (Å²) in [6, 6.07) is 1.47. The molecule has 5 nitrogen and oxygen atoms in total. The Hall–Kier alpha value is -1.24. The number of hydrogen-bond acceptors (Lipinski definition) is 5. The SMILES string of the molecule is OC[C@@H](O)CCc1cnc(N2CCNCC2)c(F)c1. The van der Waals surface area contributed by atoms with E-state index in [0.717, 1.165) is 31.7 Å². The molecular formula is C13H20FN3O2. The Morgan fingerprint density at radius 3 is 2.79 bits per heavy atom. The fourth-order valence-electron chi connectivity index (χ4n) is 2.14. The molecule has 1 saturated heterocycles. The number of rotatable bonds is 5. The van der Waals surface area contributed by atoms with Crippen LogP contribution in [0.3, 0.4) is 0 Å². The highest BCUT2D eigenvalue weighted by Gasteiger charge is 2.16. The molecule has 106 valence electrons. The summed E-state index contributed by atoms with van der Waals surface area (Å²) in [5, 5.41) is 21.2. The van der Waals surface area contributed by atoms with Crippen molar-refractivity contribution in [1.82, 2.24) is 10.3 Å². The predicted octanol–water partition coefficient (Wildman–Crippen LogP) is -0.0839. The van der Waals surface area contributed by atoms with Crippen molar-refractivity contribution in [2.45, 2.75) is 18.9 Å². The first-order chi connectivity index (χ1) is 9.20. The van der Waals surface area contributed by atoms with Crippen LogP contribution >= 0.6 is 0 Å². The third kappa shape index (κ3) is 3.86. The summed E-state index contributed by atoms with van der Waals surface area (Å²) in [5.41, 5.74) is 0.740. The Morgan fingerprint density at radius 1 is 1.42 bits per heavy atom. The van der Waals surface area contributed by atoms with Crippen LogP contribution < -0.4 is 10.2 Å². The molecule has 6 heteroatoms. The van der Waals surface area contributed by atoms with E-state index in [1.54, 1.807) is 6.20 Å². The van der Waals surface area contributed by atoms with Crippen molar-refractivity contribution in [3.63, 3.8) is 0 Å². The minimum atomic E-state index is -0.754. The standard InChI is InChI=1S/C13H20FN3O2/c14-12-7-10(1-2-11(19)9-18)8-16-13(12)17-5-3-15-4-6-17/h7-8,11,15,18-19H,1-6,9H2/t11-/m0/s1. The quantitative estimate of drug-likeness (QED) is 0.697. The number of hydrogen-bond donors (Lipinski definition) is 3. The fourth-order valence-corrected chi connectivity index (χ4v) is 2.14. The van der Waals surface area contributed by atoms with Gasteiger partial charge < -0.3 is 20.4 Å². The topological polar surface area (TPSA) is 68.6 Å². The van der Waals surface area contributed by atoms with E-state index in [9.17, 15) is 9.50 Å². The summed E-state index contributed by atoms with van der Waals surface area (Å²) in [7, 11) is 0. The summed E-state index contributed by atoms with van der Waals surface area (Å²) in [5.74, 6) is 0.0749. The molecule has 0 amide bonds. The summed E-state index contributed by atoms with van der Waals surface area (Å²) in [4.78, 5) is 6.11. The fraction of sp³-hybridized carbons (Fsp3) is 0.615. The van der Waals surface area contributed by atoms with Crippen LogP contribution in [0.5, 0.6) is 0 Å². The Morgan fingerprint density at radius 2 is 2.16 bits per heavy atom. The summed E-state index contributed by atoms with van der Waals surface area (Å²) in [6.45, 7) is 2.92. The lowest BCUT2D eigenvalue weighted by Crippen LogP contribution is -2.44. The molecule has 0 radical (unpaired) electrons. The number of nitrogens with zero attached hydrogens (tertiary/aromatic N) is 2. The lowest BCUT2D eigenvalue weighted by atomic mass is 10.1. The summed E-state index contributed by atoms with van der Waals surface area (Å²) >= 11 is 0. The minimum Gasteiger partial charge on any atom is -0.394 e. The smallest absolute Gasteiger partial charge is 0.165 e. The van der Waals surface area contributed by atoms with Gasteiger partial charge >= 0.3 is 0 Å². The van der Waals surface area contributed by atoms with Crippen LogP contribution in [0.4, 0.5) is 10.2 Å². The zero-order valence-corrected chi connectivity index (χ0v) is 10.8. The molecule has 2 rings (SSSR count). The first-order valence-electron chi connectivity index (χ1n) is 6.59. The molecule has 0 unspecified atom stereocenters. The van der Waals surface area contributed by atoms with Crippen LogP contribution in [0.2, 0.25) is 0 Å². The molecule has 1 aromatic heterocycles. The zero-order valence-electron chi connectivity index (χ0n) is 10.8. The third-order valence-corrected chi connectivity index (χ3v) is 3.27. The number of nitrogens with one attached hydrogen (secondary N) is 1. The van der Waals surface area contributed by atoms with E-state index in [-0.39, 0.29) is 12.4 Å². The van der Waals surface area contributed by atoms with E-state index in [1.807, 2.05) is 4.90 Å². The maximum Gasteiger partial charge on any atom is 0.165 e. The molecule has 19 heavy (non-hydrogen) atoms. The number of aliphatic hydroxyl groups excluding tert-OH is 2. The van der Waals surface area contributed by atoms with Crippen LogP contribution in [0, 0.1) is 5.82 Å². The third-order valence-electron chi connectivity index (χ3n) is 3.27. The number of aromatic nitrogens is 1. The van der Waals surface area contributed by atoms with E-state index in [4.69, 9.17) is 5.11 Å². The molecule has 0 aromatic carbocycles. The van der Waals surface area contributed by atoms with Gasteiger partial charge in [-0.05, 0) is 24.5 Å². The van der Waals surface area contributed by atoms with Gasteiger partial charge in [-0.2, -0.15) is 0 Å². The van der Waals surface area contributed by atoms with Gasteiger partial charge in [0.05, 0.1) is 12.7 Å². The van der Waals surface area contributed by atoms with Gasteiger partial charge in [0.1, 0.15) is 0 Å². The van der Waals surface area contributed by atoms with Crippen LogP contribution in [0.1, 0.15) is 12.0 Å². The van der Waals surface area contributed by atoms with Gasteiger partial charge in [-0.1, -0.05) is 0 Å². The van der Waals surface area contributed by atoms with E-state index in [0.29, 0.717) is 18.7 Å². The molecule has 2 heterocycles. The Bertz CT molecular complexity index is 411. The molecule has 0 bridgehead atoms. The maximum absolute atomic E-state index is 14.0. The van der Waals surface area contributed by atoms with Crippen LogP contribution in [-0.2, 0) is 6.42 Å². The molecule has 1 aliphatic heterocycles. The second kappa shape index (κ2) is 6.79. The predicted molar refractivity (Wildman–Crippen MR) is 70.7 cm³/mol. The van der Waals surface area contributed by atoms with Crippen molar-refractivity contribution >= 4 is 5.82 Å². The molecular weight excluding hydrogens is 249 g/mol. The van der Waals surface area contributed by atoms with Crippen LogP contribution in [0.25, 0.3) is 0 Å². The van der Waals surface area contributed by atoms with E-state index in [1.165, 1.54) is 6.07 Å². The molecule has 3 N–H and O–H groups in total. The number of aliphatic hydroxyl groups is 2. The van der Waals surface area contributed by atoms with Crippen molar-refractivity contribution in [2.75, 3.05) is 37.7 Å². The van der Waals surface area contributed by atoms with E-state index < -0.39 is 6.10 Å². The molecule has 1 aliphatic rings. The van der Waals surface area contributed by atoms with Crippen LogP contribution in [-0.4, -0.2) is 54.1 Å². The van der Waals surface area contributed by atoms with Crippen LogP contribution in [0.15, 0.2) is 12.3 Å². The number of pyridine rings is 1. The van der Waals surface area contributed by atoms with Gasteiger partial charge in [-0.3, -0.25) is 0 Å². The Balaban J connectivity index is 2.00. The van der Waals surface area contributed by atoms with Crippen molar-refractivity contribution in [2.24, 2.45) is 0 Å². The lowest BCUT2D eigenvalue weighted by molar-refractivity contribution is 0.0885. The molecule has 0 spiro atoms. The molecule has 1 fully saturated rings. The molecule has 1 atom stereocenters. The van der Waals surface area contributed by atoms with Crippen molar-refractivity contribution in [3.8, 4) is 0 Å². The maximum atomic E-state index is 14.0. The van der Waals surface area contributed by atoms with Gasteiger partial charge in [0.25, 0.3) is 0 Å². The van der Waals surface area contributed by atoms with E-state index in [2.05, 4.69) is 10.3 Å². The first kappa shape index (κ1) is 14.2. The van der Waals surface area contributed by atoms with Gasteiger partial charge in [-0.15, -0.1) is 0 Å². The normalized spacial score (nSPS) is 17.5. The first-order valence-corrected chi connectivity index (χ1v) is 6.59. The van der Waals surface area contributed by atoms with Gasteiger partial charge in [0.2, 0.25) is 0 Å². The Labute approximate surface area is 112 Å². The number of anilines is 1. The molecule has 0 aliphatic carbocycles. The second-order valence-electron chi connectivity index (χ2n) is 4.76. The molecule has 1 aromatic rings. The number of piperazine rings is 1. The average molecular weight is 269 g/mol. The largest absolute Gasteiger partial charge is 0.394 e. The highest BCUT2D eigenvalue weighted by molar-refractivity contribution is 5.41. The van der Waals surface area contributed by atoms with Crippen molar-refractivity contribution < 1.29 is 14.6 Å². The monoisotopic (exact) mass is 269 g/mol. The highest BCUT2D eigenvalue weighted by Crippen LogP contribution is 2.18.